The lowest BCUT2D eigenvalue weighted by atomic mass is 10.0. The molecule has 0 atom stereocenters. The van der Waals surface area contributed by atoms with E-state index in [2.05, 4.69) is 23.0 Å². The van der Waals surface area contributed by atoms with Crippen LogP contribution in [0.25, 0.3) is 0 Å². The third kappa shape index (κ3) is 2.51. The molecule has 15 heavy (non-hydrogen) atoms. The smallest absolute Gasteiger partial charge is 0.0527 e. The summed E-state index contributed by atoms with van der Waals surface area (Å²) >= 11 is 5.65. The first kappa shape index (κ1) is 10.1. The van der Waals surface area contributed by atoms with Crippen molar-refractivity contribution in [1.29, 1.82) is 0 Å². The van der Waals surface area contributed by atoms with Crippen molar-refractivity contribution in [3.05, 3.63) is 65.7 Å². The second-order valence-electron chi connectivity index (χ2n) is 3.41. The van der Waals surface area contributed by atoms with Crippen molar-refractivity contribution in [1.82, 2.24) is 0 Å². The van der Waals surface area contributed by atoms with Gasteiger partial charge in [0.2, 0.25) is 0 Å². The quantitative estimate of drug-likeness (QED) is 0.771. The van der Waals surface area contributed by atoms with E-state index in [0.29, 0.717) is 0 Å². The van der Waals surface area contributed by atoms with Crippen LogP contribution in [0.5, 0.6) is 0 Å². The molecule has 0 unspecified atom stereocenters. The number of hydrogen-bond acceptors (Lipinski definition) is 1. The van der Waals surface area contributed by atoms with Gasteiger partial charge in [-0.15, -0.1) is 0 Å². The second-order valence-corrected chi connectivity index (χ2v) is 3.60. The zero-order valence-electron chi connectivity index (χ0n) is 8.28. The number of halogens is 1. The fraction of sp³-hybridized carbons (Fsp3) is 0.0769. The van der Waals surface area contributed by atoms with Crippen LogP contribution in [0, 0.1) is 0 Å². The Hall–Kier alpha value is -1.47. The van der Waals surface area contributed by atoms with Gasteiger partial charge in [0.05, 0.1) is 5.69 Å². The molecule has 0 aromatic heterocycles. The molecule has 0 heterocycles. The Morgan fingerprint density at radius 3 is 2.27 bits per heavy atom. The lowest BCUT2D eigenvalue weighted by Crippen LogP contribution is -1.92. The van der Waals surface area contributed by atoms with Gasteiger partial charge in [-0.25, -0.2) is 0 Å². The average Bonchev–Trinajstić information content (AvgIpc) is 2.31. The second kappa shape index (κ2) is 4.85. The van der Waals surface area contributed by atoms with Crippen molar-refractivity contribution >= 4 is 17.5 Å². The van der Waals surface area contributed by atoms with Gasteiger partial charge in [0.1, 0.15) is 0 Å². The number of hydrogen-bond donors (Lipinski definition) is 1. The molecule has 1 N–H and O–H groups in total. The summed E-state index contributed by atoms with van der Waals surface area (Å²) in [6.07, 6.45) is 0.900. The van der Waals surface area contributed by atoms with Gasteiger partial charge < -0.3 is 0 Å². The molecule has 0 aliphatic carbocycles. The van der Waals surface area contributed by atoms with Crippen LogP contribution in [0.15, 0.2) is 54.6 Å². The minimum atomic E-state index is 0.900. The van der Waals surface area contributed by atoms with Crippen molar-refractivity contribution < 1.29 is 0 Å². The summed E-state index contributed by atoms with van der Waals surface area (Å²) < 4.78 is 0. The summed E-state index contributed by atoms with van der Waals surface area (Å²) in [7, 11) is 0. The Labute approximate surface area is 94.8 Å². The Morgan fingerprint density at radius 2 is 1.53 bits per heavy atom. The Balaban J connectivity index is 2.24. The molecule has 2 rings (SSSR count). The van der Waals surface area contributed by atoms with Gasteiger partial charge in [-0.1, -0.05) is 48.5 Å². The first-order valence-electron chi connectivity index (χ1n) is 4.88. The molecular weight excluding hydrogens is 206 g/mol. The monoisotopic (exact) mass is 217 g/mol. The number of nitrogens with one attached hydrogen (secondary N) is 1. The molecule has 0 aliphatic rings. The van der Waals surface area contributed by atoms with Crippen LogP contribution < -0.4 is 4.84 Å². The highest BCUT2D eigenvalue weighted by Gasteiger charge is 2.00. The Morgan fingerprint density at radius 1 is 0.867 bits per heavy atom. The molecule has 0 fully saturated rings. The summed E-state index contributed by atoms with van der Waals surface area (Å²) in [6, 6.07) is 18.4. The van der Waals surface area contributed by atoms with Crippen molar-refractivity contribution in [3.8, 4) is 0 Å². The van der Waals surface area contributed by atoms with Crippen LogP contribution >= 0.6 is 11.8 Å². The van der Waals surface area contributed by atoms with E-state index in [1.165, 1.54) is 11.1 Å². The summed E-state index contributed by atoms with van der Waals surface area (Å²) in [5.74, 6) is 0. The molecule has 0 aliphatic heterocycles. The predicted molar refractivity (Wildman–Crippen MR) is 65.2 cm³/mol. The third-order valence-electron chi connectivity index (χ3n) is 2.36. The molecule has 2 aromatic carbocycles. The Kier molecular flexibility index (Phi) is 3.25. The van der Waals surface area contributed by atoms with E-state index in [-0.39, 0.29) is 0 Å². The topological polar surface area (TPSA) is 12.0 Å². The van der Waals surface area contributed by atoms with Crippen LogP contribution in [0.3, 0.4) is 0 Å². The molecule has 0 spiro atoms. The minimum Gasteiger partial charge on any atom is -0.298 e. The Bertz CT molecular complexity index is 426. The first-order valence-corrected chi connectivity index (χ1v) is 5.26. The number of para-hydroxylation sites is 1. The molecule has 0 radical (unpaired) electrons. The fourth-order valence-corrected chi connectivity index (χ4v) is 1.77. The number of benzene rings is 2. The van der Waals surface area contributed by atoms with Gasteiger partial charge >= 0.3 is 0 Å². The highest BCUT2D eigenvalue weighted by molar-refractivity contribution is 6.24. The van der Waals surface area contributed by atoms with E-state index in [9.17, 15) is 0 Å². The van der Waals surface area contributed by atoms with Crippen molar-refractivity contribution in [2.75, 3.05) is 4.84 Å². The molecule has 2 aromatic rings. The highest BCUT2D eigenvalue weighted by atomic mass is 35.5. The van der Waals surface area contributed by atoms with E-state index in [1.807, 2.05) is 36.4 Å². The van der Waals surface area contributed by atoms with Gasteiger partial charge in [-0.3, -0.25) is 4.84 Å². The van der Waals surface area contributed by atoms with E-state index in [1.54, 1.807) is 0 Å². The molecular formula is C13H12ClN. The third-order valence-corrected chi connectivity index (χ3v) is 2.56. The zero-order chi connectivity index (χ0) is 10.5. The van der Waals surface area contributed by atoms with Gasteiger partial charge in [0, 0.05) is 11.8 Å². The van der Waals surface area contributed by atoms with Crippen molar-refractivity contribution in [2.45, 2.75) is 6.42 Å². The minimum absolute atomic E-state index is 0.900. The van der Waals surface area contributed by atoms with Gasteiger partial charge in [-0.2, -0.15) is 0 Å². The zero-order valence-corrected chi connectivity index (χ0v) is 9.04. The van der Waals surface area contributed by atoms with Gasteiger partial charge in [0.15, 0.2) is 0 Å². The molecule has 0 bridgehead atoms. The summed E-state index contributed by atoms with van der Waals surface area (Å²) in [6.45, 7) is 0. The largest absolute Gasteiger partial charge is 0.298 e. The molecule has 76 valence electrons. The van der Waals surface area contributed by atoms with Crippen molar-refractivity contribution in [3.63, 3.8) is 0 Å². The first-order chi connectivity index (χ1) is 7.40. The standard InChI is InChI=1S/C13H12ClN/c14-15-13-9-5-4-8-12(13)10-11-6-2-1-3-7-11/h1-9,15H,10H2. The van der Waals surface area contributed by atoms with Crippen LogP contribution in [-0.2, 0) is 6.42 Å². The van der Waals surface area contributed by atoms with E-state index in [4.69, 9.17) is 11.8 Å². The fourth-order valence-electron chi connectivity index (χ4n) is 1.58. The maximum absolute atomic E-state index is 5.65. The average molecular weight is 218 g/mol. The highest BCUT2D eigenvalue weighted by Crippen LogP contribution is 2.19. The maximum atomic E-state index is 5.65. The molecule has 0 saturated heterocycles. The van der Waals surface area contributed by atoms with Crippen LogP contribution in [0.4, 0.5) is 5.69 Å². The van der Waals surface area contributed by atoms with Gasteiger partial charge in [0.25, 0.3) is 0 Å². The predicted octanol–water partition coefficient (Wildman–Crippen LogP) is 3.84. The van der Waals surface area contributed by atoms with Crippen LogP contribution in [0.2, 0.25) is 0 Å². The van der Waals surface area contributed by atoms with E-state index < -0.39 is 0 Å². The summed E-state index contributed by atoms with van der Waals surface area (Å²) in [5.41, 5.74) is 3.47. The lowest BCUT2D eigenvalue weighted by molar-refractivity contribution is 1.20. The number of rotatable bonds is 3. The molecule has 0 saturated carbocycles. The van der Waals surface area contributed by atoms with Gasteiger partial charge in [-0.05, 0) is 23.6 Å². The molecule has 1 nitrogen and oxygen atoms in total. The summed E-state index contributed by atoms with van der Waals surface area (Å²) in [4.78, 5) is 2.69. The molecule has 0 amide bonds. The van der Waals surface area contributed by atoms with E-state index in [0.717, 1.165) is 12.1 Å². The normalized spacial score (nSPS) is 9.93. The molecule has 2 heteroatoms. The van der Waals surface area contributed by atoms with Crippen LogP contribution in [0.1, 0.15) is 11.1 Å². The maximum Gasteiger partial charge on any atom is 0.0527 e. The van der Waals surface area contributed by atoms with E-state index >= 15 is 0 Å². The summed E-state index contributed by atoms with van der Waals surface area (Å²) in [5, 5.41) is 0. The van der Waals surface area contributed by atoms with Crippen LogP contribution in [-0.4, -0.2) is 0 Å². The SMILES string of the molecule is ClNc1ccccc1Cc1ccccc1. The lowest BCUT2D eigenvalue weighted by Gasteiger charge is -2.07. The number of anilines is 1. The van der Waals surface area contributed by atoms with Crippen molar-refractivity contribution in [2.24, 2.45) is 0 Å².